The number of carbonyl (C=O) groups excluding carboxylic acids is 1. The quantitative estimate of drug-likeness (QED) is 0.490. The maximum atomic E-state index is 11.4. The first-order valence-corrected chi connectivity index (χ1v) is 6.56. The predicted octanol–water partition coefficient (Wildman–Crippen LogP) is 1.87. The van der Waals surface area contributed by atoms with Crippen LogP contribution in [0.4, 0.5) is 5.69 Å². The van der Waals surface area contributed by atoms with Gasteiger partial charge in [0.25, 0.3) is 10.1 Å². The fourth-order valence-corrected chi connectivity index (χ4v) is 2.52. The Kier molecular flexibility index (Phi) is 2.84. The van der Waals surface area contributed by atoms with Crippen LogP contribution >= 0.6 is 0 Å². The van der Waals surface area contributed by atoms with Crippen molar-refractivity contribution in [3.8, 4) is 0 Å². The molecule has 0 amide bonds. The lowest BCUT2D eigenvalue weighted by Gasteiger charge is -2.09. The van der Waals surface area contributed by atoms with Crippen LogP contribution in [0.2, 0.25) is 0 Å². The summed E-state index contributed by atoms with van der Waals surface area (Å²) < 4.78 is 31.3. The van der Waals surface area contributed by atoms with Gasteiger partial charge >= 0.3 is 0 Å². The van der Waals surface area contributed by atoms with E-state index in [4.69, 9.17) is 10.3 Å². The average molecular weight is 265 g/mol. The van der Waals surface area contributed by atoms with E-state index in [9.17, 15) is 13.2 Å². The van der Waals surface area contributed by atoms with E-state index in [2.05, 4.69) is 0 Å². The second kappa shape index (κ2) is 4.08. The van der Waals surface area contributed by atoms with Crippen LogP contribution in [0.15, 0.2) is 35.2 Å². The lowest BCUT2D eigenvalue weighted by Crippen LogP contribution is -2.04. The molecular weight excluding hydrogens is 254 g/mol. The molecule has 0 aliphatic carbocycles. The van der Waals surface area contributed by atoms with E-state index in [-0.39, 0.29) is 16.4 Å². The van der Waals surface area contributed by atoms with Crippen LogP contribution in [-0.2, 0) is 10.1 Å². The third-order valence-electron chi connectivity index (χ3n) is 2.72. The van der Waals surface area contributed by atoms with Crippen molar-refractivity contribution in [3.63, 3.8) is 0 Å². The Bertz CT molecular complexity index is 750. The second-order valence-electron chi connectivity index (χ2n) is 3.91. The van der Waals surface area contributed by atoms with Gasteiger partial charge in [-0.25, -0.2) is 0 Å². The third-order valence-corrected chi connectivity index (χ3v) is 3.63. The number of hydrogen-bond donors (Lipinski definition) is 2. The summed E-state index contributed by atoms with van der Waals surface area (Å²) in [7, 11) is -4.37. The van der Waals surface area contributed by atoms with E-state index in [1.165, 1.54) is 19.1 Å². The standard InChI is InChI=1S/C12H11NO4S/c1-7(14)8-3-2-4-10-9(8)5-6-11(12(10)13)18(15,16)17/h2-6H,13H2,1H3,(H,15,16,17). The summed E-state index contributed by atoms with van der Waals surface area (Å²) >= 11 is 0. The summed E-state index contributed by atoms with van der Waals surface area (Å²) in [5.41, 5.74) is 6.13. The van der Waals surface area contributed by atoms with Crippen LogP contribution in [0.1, 0.15) is 17.3 Å². The van der Waals surface area contributed by atoms with Gasteiger partial charge < -0.3 is 5.73 Å². The predicted molar refractivity (Wildman–Crippen MR) is 68.2 cm³/mol. The summed E-state index contributed by atoms with van der Waals surface area (Å²) in [5.74, 6) is -0.139. The Morgan fingerprint density at radius 3 is 2.39 bits per heavy atom. The first-order chi connectivity index (χ1) is 8.32. The van der Waals surface area contributed by atoms with E-state index in [1.807, 2.05) is 0 Å². The van der Waals surface area contributed by atoms with Crippen molar-refractivity contribution in [2.75, 3.05) is 5.73 Å². The molecule has 5 nitrogen and oxygen atoms in total. The number of benzene rings is 2. The van der Waals surface area contributed by atoms with Crippen LogP contribution in [0.25, 0.3) is 10.8 Å². The molecule has 3 N–H and O–H groups in total. The number of nitrogen functional groups attached to an aromatic ring is 1. The van der Waals surface area contributed by atoms with E-state index in [1.54, 1.807) is 18.2 Å². The van der Waals surface area contributed by atoms with Gasteiger partial charge in [-0.05, 0) is 18.4 Å². The Morgan fingerprint density at radius 1 is 1.17 bits per heavy atom. The SMILES string of the molecule is CC(=O)c1cccc2c(N)c(S(=O)(=O)O)ccc12. The number of carbonyl (C=O) groups is 1. The highest BCUT2D eigenvalue weighted by Crippen LogP contribution is 2.30. The molecule has 0 radical (unpaired) electrons. The zero-order valence-electron chi connectivity index (χ0n) is 9.54. The second-order valence-corrected chi connectivity index (χ2v) is 5.30. The van der Waals surface area contributed by atoms with Crippen molar-refractivity contribution < 1.29 is 17.8 Å². The minimum absolute atomic E-state index is 0.0573. The number of Topliss-reactive ketones (excluding diaryl/α,β-unsaturated/α-hetero) is 1. The van der Waals surface area contributed by atoms with Crippen molar-refractivity contribution >= 4 is 32.4 Å². The minimum Gasteiger partial charge on any atom is -0.397 e. The molecule has 0 saturated carbocycles. The number of anilines is 1. The molecule has 6 heteroatoms. The summed E-state index contributed by atoms with van der Waals surface area (Å²) in [6.07, 6.45) is 0. The fourth-order valence-electron chi connectivity index (χ4n) is 1.89. The lowest BCUT2D eigenvalue weighted by atomic mass is 10.0. The number of nitrogens with two attached hydrogens (primary N) is 1. The third kappa shape index (κ3) is 1.96. The van der Waals surface area contributed by atoms with Crippen molar-refractivity contribution in [2.45, 2.75) is 11.8 Å². The van der Waals surface area contributed by atoms with E-state index < -0.39 is 10.1 Å². The molecule has 0 bridgehead atoms. The highest BCUT2D eigenvalue weighted by atomic mass is 32.2. The zero-order valence-corrected chi connectivity index (χ0v) is 10.4. The van der Waals surface area contributed by atoms with Gasteiger partial charge in [0.15, 0.2) is 5.78 Å². The van der Waals surface area contributed by atoms with Gasteiger partial charge in [-0.15, -0.1) is 0 Å². The Balaban J connectivity index is 2.90. The molecular formula is C12H11NO4S. The lowest BCUT2D eigenvalue weighted by molar-refractivity contribution is 0.101. The number of ketones is 1. The van der Waals surface area contributed by atoms with Crippen LogP contribution < -0.4 is 5.73 Å². The van der Waals surface area contributed by atoms with Gasteiger partial charge in [0.05, 0.1) is 5.69 Å². The van der Waals surface area contributed by atoms with Crippen LogP contribution in [-0.4, -0.2) is 18.8 Å². The molecule has 0 fully saturated rings. The van der Waals surface area contributed by atoms with Crippen molar-refractivity contribution in [2.24, 2.45) is 0 Å². The molecule has 94 valence electrons. The maximum Gasteiger partial charge on any atom is 0.296 e. The first kappa shape index (κ1) is 12.5. The summed E-state index contributed by atoms with van der Waals surface area (Å²) in [6, 6.07) is 7.51. The largest absolute Gasteiger partial charge is 0.397 e. The topological polar surface area (TPSA) is 97.5 Å². The summed E-state index contributed by atoms with van der Waals surface area (Å²) in [4.78, 5) is 11.1. The van der Waals surface area contributed by atoms with Crippen molar-refractivity contribution in [1.29, 1.82) is 0 Å². The monoisotopic (exact) mass is 265 g/mol. The highest BCUT2D eigenvalue weighted by Gasteiger charge is 2.17. The molecule has 0 heterocycles. The molecule has 18 heavy (non-hydrogen) atoms. The van der Waals surface area contributed by atoms with Gasteiger partial charge in [-0.1, -0.05) is 24.3 Å². The zero-order chi connectivity index (χ0) is 13.5. The normalized spacial score (nSPS) is 11.7. The Labute approximate surface area is 104 Å². The van der Waals surface area contributed by atoms with Crippen molar-refractivity contribution in [3.05, 3.63) is 35.9 Å². The summed E-state index contributed by atoms with van der Waals surface area (Å²) in [5, 5.41) is 0.993. The Hall–Kier alpha value is -1.92. The Morgan fingerprint density at radius 2 is 1.83 bits per heavy atom. The minimum atomic E-state index is -4.37. The smallest absolute Gasteiger partial charge is 0.296 e. The molecule has 0 unspecified atom stereocenters. The molecule has 0 aliphatic rings. The number of hydrogen-bond acceptors (Lipinski definition) is 4. The number of fused-ring (bicyclic) bond motifs is 1. The average Bonchev–Trinajstić information content (AvgIpc) is 2.27. The molecule has 2 aromatic rings. The van der Waals surface area contributed by atoms with E-state index in [0.29, 0.717) is 16.3 Å². The van der Waals surface area contributed by atoms with Gasteiger partial charge in [0.1, 0.15) is 4.90 Å². The van der Waals surface area contributed by atoms with Crippen LogP contribution in [0, 0.1) is 0 Å². The van der Waals surface area contributed by atoms with Gasteiger partial charge in [0, 0.05) is 10.9 Å². The molecule has 2 aromatic carbocycles. The van der Waals surface area contributed by atoms with Gasteiger partial charge in [0.2, 0.25) is 0 Å². The van der Waals surface area contributed by atoms with E-state index >= 15 is 0 Å². The molecule has 0 spiro atoms. The molecule has 0 aromatic heterocycles. The fraction of sp³-hybridized carbons (Fsp3) is 0.0833. The van der Waals surface area contributed by atoms with Crippen LogP contribution in [0.3, 0.4) is 0 Å². The van der Waals surface area contributed by atoms with Gasteiger partial charge in [-0.3, -0.25) is 9.35 Å². The van der Waals surface area contributed by atoms with Crippen molar-refractivity contribution in [1.82, 2.24) is 0 Å². The first-order valence-electron chi connectivity index (χ1n) is 5.12. The molecule has 0 saturated heterocycles. The molecule has 2 rings (SSSR count). The summed E-state index contributed by atoms with van der Waals surface area (Å²) in [6.45, 7) is 1.42. The van der Waals surface area contributed by atoms with E-state index in [0.717, 1.165) is 0 Å². The highest BCUT2D eigenvalue weighted by molar-refractivity contribution is 7.86. The van der Waals surface area contributed by atoms with Gasteiger partial charge in [-0.2, -0.15) is 8.42 Å². The molecule has 0 aliphatic heterocycles. The molecule has 0 atom stereocenters. The maximum absolute atomic E-state index is 11.4. The van der Waals surface area contributed by atoms with Crippen LogP contribution in [0.5, 0.6) is 0 Å². The number of rotatable bonds is 2.